The van der Waals surface area contributed by atoms with Gasteiger partial charge in [0.1, 0.15) is 0 Å². The molecule has 1 atom stereocenters. The van der Waals surface area contributed by atoms with E-state index >= 15 is 0 Å². The minimum absolute atomic E-state index is 0.416. The summed E-state index contributed by atoms with van der Waals surface area (Å²) in [6, 6.07) is 9.60. The van der Waals surface area contributed by atoms with Gasteiger partial charge in [0, 0.05) is 17.3 Å². The van der Waals surface area contributed by atoms with Gasteiger partial charge in [-0.25, -0.2) is 0 Å². The fourth-order valence-corrected chi connectivity index (χ4v) is 4.77. The second-order valence-corrected chi connectivity index (χ2v) is 7.78. The van der Waals surface area contributed by atoms with Crippen LogP contribution in [0.1, 0.15) is 64.9 Å². The maximum absolute atomic E-state index is 2.81. The zero-order valence-electron chi connectivity index (χ0n) is 13.6. The molecule has 0 N–H and O–H groups in total. The van der Waals surface area contributed by atoms with Crippen LogP contribution in [0.15, 0.2) is 24.3 Å². The molecule has 1 nitrogen and oxygen atoms in total. The Morgan fingerprint density at radius 1 is 1.05 bits per heavy atom. The molecule has 1 aliphatic carbocycles. The van der Waals surface area contributed by atoms with Crippen LogP contribution < -0.4 is 4.90 Å². The molecule has 0 unspecified atom stereocenters. The Balaban J connectivity index is 2.07. The monoisotopic (exact) mass is 271 g/mol. The van der Waals surface area contributed by atoms with Crippen molar-refractivity contribution in [1.29, 1.82) is 0 Å². The van der Waals surface area contributed by atoms with E-state index in [0.717, 1.165) is 0 Å². The van der Waals surface area contributed by atoms with Gasteiger partial charge in [-0.15, -0.1) is 0 Å². The molecule has 1 heteroatoms. The summed E-state index contributed by atoms with van der Waals surface area (Å²) in [6.07, 6.45) is 8.37. The first-order valence-electron chi connectivity index (χ1n) is 8.31. The molecule has 3 rings (SSSR count). The Hall–Kier alpha value is -0.980. The zero-order valence-corrected chi connectivity index (χ0v) is 13.6. The molecule has 1 saturated heterocycles. The SMILES string of the molecule is Cc1ccccc1N1[C@@H](C)C(C)(C)CC12CCCCC2. The predicted octanol–water partition coefficient (Wildman–Crippen LogP) is 5.32. The third-order valence-corrected chi connectivity index (χ3v) is 5.97. The molecule has 2 aliphatic rings. The summed E-state index contributed by atoms with van der Waals surface area (Å²) < 4.78 is 0. The lowest BCUT2D eigenvalue weighted by molar-refractivity contribution is 0.260. The summed E-state index contributed by atoms with van der Waals surface area (Å²) in [5.74, 6) is 0. The second kappa shape index (κ2) is 4.79. The Bertz CT molecular complexity index is 482. The van der Waals surface area contributed by atoms with Gasteiger partial charge in [0.15, 0.2) is 0 Å². The first-order chi connectivity index (χ1) is 9.46. The molecular weight excluding hydrogens is 242 g/mol. The maximum Gasteiger partial charge on any atom is 0.0411 e. The minimum Gasteiger partial charge on any atom is -0.362 e. The van der Waals surface area contributed by atoms with E-state index in [0.29, 0.717) is 17.0 Å². The lowest BCUT2D eigenvalue weighted by atomic mass is 9.74. The van der Waals surface area contributed by atoms with Crippen LogP contribution >= 0.6 is 0 Å². The third kappa shape index (κ3) is 2.06. The number of nitrogens with zero attached hydrogens (tertiary/aromatic N) is 1. The molecule has 1 aromatic rings. The molecule has 1 aliphatic heterocycles. The van der Waals surface area contributed by atoms with Crippen molar-refractivity contribution in [2.75, 3.05) is 4.90 Å². The van der Waals surface area contributed by atoms with Crippen LogP contribution in [0.3, 0.4) is 0 Å². The molecule has 1 saturated carbocycles. The lowest BCUT2D eigenvalue weighted by Gasteiger charge is -2.45. The van der Waals surface area contributed by atoms with E-state index in [9.17, 15) is 0 Å². The average molecular weight is 271 g/mol. The molecule has 1 aromatic carbocycles. The fourth-order valence-electron chi connectivity index (χ4n) is 4.77. The van der Waals surface area contributed by atoms with Crippen molar-refractivity contribution in [3.63, 3.8) is 0 Å². The van der Waals surface area contributed by atoms with E-state index in [4.69, 9.17) is 0 Å². The topological polar surface area (TPSA) is 3.24 Å². The van der Waals surface area contributed by atoms with Crippen molar-refractivity contribution in [2.45, 2.75) is 77.8 Å². The first-order valence-corrected chi connectivity index (χ1v) is 8.31. The number of para-hydroxylation sites is 1. The van der Waals surface area contributed by atoms with Crippen molar-refractivity contribution in [3.05, 3.63) is 29.8 Å². The first kappa shape index (κ1) is 14.0. The van der Waals surface area contributed by atoms with Gasteiger partial charge < -0.3 is 4.90 Å². The summed E-state index contributed by atoms with van der Waals surface area (Å²) in [6.45, 7) is 9.64. The van der Waals surface area contributed by atoms with E-state index < -0.39 is 0 Å². The highest BCUT2D eigenvalue weighted by Crippen LogP contribution is 2.54. The number of benzene rings is 1. The van der Waals surface area contributed by atoms with Gasteiger partial charge in [0.05, 0.1) is 0 Å². The number of hydrogen-bond donors (Lipinski definition) is 0. The Labute approximate surface area is 124 Å². The van der Waals surface area contributed by atoms with Gasteiger partial charge in [-0.2, -0.15) is 0 Å². The van der Waals surface area contributed by atoms with E-state index in [1.165, 1.54) is 49.8 Å². The van der Waals surface area contributed by atoms with Crippen LogP contribution in [-0.2, 0) is 0 Å². The van der Waals surface area contributed by atoms with Gasteiger partial charge in [-0.3, -0.25) is 0 Å². The lowest BCUT2D eigenvalue weighted by Crippen LogP contribution is -2.48. The summed E-state index contributed by atoms with van der Waals surface area (Å²) in [4.78, 5) is 2.81. The summed E-state index contributed by atoms with van der Waals surface area (Å²) in [7, 11) is 0. The second-order valence-electron chi connectivity index (χ2n) is 7.78. The van der Waals surface area contributed by atoms with Crippen LogP contribution in [0, 0.1) is 12.3 Å². The van der Waals surface area contributed by atoms with Gasteiger partial charge in [-0.1, -0.05) is 51.3 Å². The van der Waals surface area contributed by atoms with E-state index in [1.807, 2.05) is 0 Å². The van der Waals surface area contributed by atoms with Crippen molar-refractivity contribution in [1.82, 2.24) is 0 Å². The smallest absolute Gasteiger partial charge is 0.0411 e. The normalized spacial score (nSPS) is 28.0. The maximum atomic E-state index is 2.81. The fraction of sp³-hybridized carbons (Fsp3) is 0.684. The molecule has 0 radical (unpaired) electrons. The number of hydrogen-bond acceptors (Lipinski definition) is 1. The zero-order chi connectivity index (χ0) is 14.4. The molecule has 0 bridgehead atoms. The van der Waals surface area contributed by atoms with Gasteiger partial charge in [0.2, 0.25) is 0 Å². The van der Waals surface area contributed by atoms with Crippen LogP contribution in [0.25, 0.3) is 0 Å². The molecule has 0 aromatic heterocycles. The minimum atomic E-state index is 0.416. The van der Waals surface area contributed by atoms with Crippen molar-refractivity contribution < 1.29 is 0 Å². The van der Waals surface area contributed by atoms with Crippen LogP contribution in [0.5, 0.6) is 0 Å². The van der Waals surface area contributed by atoms with Crippen LogP contribution in [-0.4, -0.2) is 11.6 Å². The largest absolute Gasteiger partial charge is 0.362 e. The third-order valence-electron chi connectivity index (χ3n) is 5.97. The standard InChI is InChI=1S/C19H29N/c1-15-10-6-7-11-17(15)20-16(2)18(3,4)14-19(20)12-8-5-9-13-19/h6-7,10-11,16H,5,8-9,12-14H2,1-4H3/t16-/m0/s1. The van der Waals surface area contributed by atoms with Crippen LogP contribution in [0.2, 0.25) is 0 Å². The average Bonchev–Trinajstić information content (AvgIpc) is 2.59. The van der Waals surface area contributed by atoms with E-state index in [1.54, 1.807) is 0 Å². The molecule has 20 heavy (non-hydrogen) atoms. The highest BCUT2D eigenvalue weighted by atomic mass is 15.3. The van der Waals surface area contributed by atoms with Crippen molar-refractivity contribution in [3.8, 4) is 0 Å². The van der Waals surface area contributed by atoms with Crippen molar-refractivity contribution in [2.24, 2.45) is 5.41 Å². The summed E-state index contributed by atoms with van der Waals surface area (Å²) >= 11 is 0. The van der Waals surface area contributed by atoms with Gasteiger partial charge in [-0.05, 0) is 50.2 Å². The van der Waals surface area contributed by atoms with E-state index in [-0.39, 0.29) is 0 Å². The summed E-state index contributed by atoms with van der Waals surface area (Å²) in [5, 5.41) is 0. The van der Waals surface area contributed by atoms with E-state index in [2.05, 4.69) is 56.9 Å². The van der Waals surface area contributed by atoms with Gasteiger partial charge in [0.25, 0.3) is 0 Å². The Morgan fingerprint density at radius 2 is 1.70 bits per heavy atom. The molecule has 1 spiro atoms. The molecular formula is C19H29N. The highest BCUT2D eigenvalue weighted by Gasteiger charge is 2.53. The number of anilines is 1. The van der Waals surface area contributed by atoms with Crippen LogP contribution in [0.4, 0.5) is 5.69 Å². The number of aryl methyl sites for hydroxylation is 1. The molecule has 1 heterocycles. The van der Waals surface area contributed by atoms with Crippen molar-refractivity contribution >= 4 is 5.69 Å². The Morgan fingerprint density at radius 3 is 2.35 bits per heavy atom. The Kier molecular flexibility index (Phi) is 3.35. The molecule has 0 amide bonds. The molecule has 110 valence electrons. The summed E-state index contributed by atoms with van der Waals surface area (Å²) in [5.41, 5.74) is 3.75. The predicted molar refractivity (Wildman–Crippen MR) is 87.3 cm³/mol. The molecule has 2 fully saturated rings. The quantitative estimate of drug-likeness (QED) is 0.668. The van der Waals surface area contributed by atoms with Gasteiger partial charge >= 0.3 is 0 Å². The number of rotatable bonds is 1. The highest BCUT2D eigenvalue weighted by molar-refractivity contribution is 5.58.